The SMILES string of the molecule is CCO[C@@H](Cc1ccc(F)cc1)C(=O)O. The first-order chi connectivity index (χ1) is 7.13. The van der Waals surface area contributed by atoms with Crippen LogP contribution in [0.1, 0.15) is 12.5 Å². The monoisotopic (exact) mass is 212 g/mol. The summed E-state index contributed by atoms with van der Waals surface area (Å²) in [5, 5.41) is 8.82. The number of carboxylic acid groups (broad SMARTS) is 1. The first-order valence-electron chi connectivity index (χ1n) is 4.72. The molecule has 0 amide bonds. The minimum atomic E-state index is -0.999. The summed E-state index contributed by atoms with van der Waals surface area (Å²) in [7, 11) is 0. The van der Waals surface area contributed by atoms with Gasteiger partial charge in [0.2, 0.25) is 0 Å². The molecule has 0 aromatic heterocycles. The molecule has 1 aromatic carbocycles. The predicted molar refractivity (Wildman–Crippen MR) is 53.2 cm³/mol. The first-order valence-corrected chi connectivity index (χ1v) is 4.72. The molecule has 0 saturated heterocycles. The Morgan fingerprint density at radius 1 is 1.47 bits per heavy atom. The molecule has 0 aliphatic carbocycles. The zero-order chi connectivity index (χ0) is 11.3. The fraction of sp³-hybridized carbons (Fsp3) is 0.364. The maximum atomic E-state index is 12.6. The van der Waals surface area contributed by atoms with Crippen molar-refractivity contribution in [1.29, 1.82) is 0 Å². The zero-order valence-electron chi connectivity index (χ0n) is 8.44. The quantitative estimate of drug-likeness (QED) is 0.810. The first kappa shape index (κ1) is 11.7. The second kappa shape index (κ2) is 5.46. The van der Waals surface area contributed by atoms with Crippen LogP contribution in [-0.4, -0.2) is 23.8 Å². The molecule has 1 rings (SSSR count). The highest BCUT2D eigenvalue weighted by molar-refractivity contribution is 5.72. The van der Waals surface area contributed by atoms with Crippen molar-refractivity contribution in [3.63, 3.8) is 0 Å². The van der Waals surface area contributed by atoms with Gasteiger partial charge in [-0.1, -0.05) is 12.1 Å². The summed E-state index contributed by atoms with van der Waals surface area (Å²) in [6.45, 7) is 2.08. The van der Waals surface area contributed by atoms with Crippen LogP contribution < -0.4 is 0 Å². The van der Waals surface area contributed by atoms with Crippen molar-refractivity contribution in [2.75, 3.05) is 6.61 Å². The van der Waals surface area contributed by atoms with Gasteiger partial charge in [-0.25, -0.2) is 9.18 Å². The molecule has 0 unspecified atom stereocenters. The third kappa shape index (κ3) is 3.67. The molecule has 4 heteroatoms. The average Bonchev–Trinajstić information content (AvgIpc) is 2.20. The Hall–Kier alpha value is -1.42. The molecule has 0 bridgehead atoms. The van der Waals surface area contributed by atoms with E-state index in [2.05, 4.69) is 0 Å². The van der Waals surface area contributed by atoms with Crippen LogP contribution in [0.15, 0.2) is 24.3 Å². The number of rotatable bonds is 5. The smallest absolute Gasteiger partial charge is 0.333 e. The van der Waals surface area contributed by atoms with Crippen LogP contribution in [0.25, 0.3) is 0 Å². The van der Waals surface area contributed by atoms with Crippen molar-refractivity contribution in [3.05, 3.63) is 35.6 Å². The van der Waals surface area contributed by atoms with E-state index in [-0.39, 0.29) is 12.2 Å². The standard InChI is InChI=1S/C11H13FO3/c1-2-15-10(11(13)14)7-8-3-5-9(12)6-4-8/h3-6,10H,2,7H2,1H3,(H,13,14)/t10-/m0/s1. The van der Waals surface area contributed by atoms with E-state index in [0.717, 1.165) is 5.56 Å². The van der Waals surface area contributed by atoms with Gasteiger partial charge in [-0.2, -0.15) is 0 Å². The molecular formula is C11H13FO3. The Morgan fingerprint density at radius 3 is 2.53 bits per heavy atom. The maximum Gasteiger partial charge on any atom is 0.333 e. The highest BCUT2D eigenvalue weighted by Gasteiger charge is 2.17. The van der Waals surface area contributed by atoms with Gasteiger partial charge >= 0.3 is 5.97 Å². The van der Waals surface area contributed by atoms with Crippen LogP contribution in [0.5, 0.6) is 0 Å². The number of hydrogen-bond acceptors (Lipinski definition) is 2. The van der Waals surface area contributed by atoms with E-state index < -0.39 is 12.1 Å². The molecule has 0 fully saturated rings. The molecule has 0 saturated carbocycles. The number of aliphatic carboxylic acids is 1. The van der Waals surface area contributed by atoms with Crippen molar-refractivity contribution >= 4 is 5.97 Å². The van der Waals surface area contributed by atoms with Crippen molar-refractivity contribution in [2.24, 2.45) is 0 Å². The highest BCUT2D eigenvalue weighted by atomic mass is 19.1. The van der Waals surface area contributed by atoms with Crippen LogP contribution in [-0.2, 0) is 16.0 Å². The number of hydrogen-bond donors (Lipinski definition) is 1. The Balaban J connectivity index is 2.65. The van der Waals surface area contributed by atoms with E-state index in [0.29, 0.717) is 6.61 Å². The minimum Gasteiger partial charge on any atom is -0.479 e. The second-order valence-electron chi connectivity index (χ2n) is 3.11. The van der Waals surface area contributed by atoms with E-state index in [1.807, 2.05) is 0 Å². The van der Waals surface area contributed by atoms with Gasteiger partial charge in [0.15, 0.2) is 6.10 Å². The number of carbonyl (C=O) groups is 1. The third-order valence-corrected chi connectivity index (χ3v) is 1.98. The summed E-state index contributed by atoms with van der Waals surface area (Å²) in [6.07, 6.45) is -0.607. The summed E-state index contributed by atoms with van der Waals surface area (Å²) < 4.78 is 17.6. The lowest BCUT2D eigenvalue weighted by Crippen LogP contribution is -2.26. The molecule has 0 spiro atoms. The van der Waals surface area contributed by atoms with Crippen LogP contribution in [0, 0.1) is 5.82 Å². The Kier molecular flexibility index (Phi) is 4.24. The lowest BCUT2D eigenvalue weighted by molar-refractivity contribution is -0.149. The molecular weight excluding hydrogens is 199 g/mol. The van der Waals surface area contributed by atoms with E-state index in [1.54, 1.807) is 19.1 Å². The largest absolute Gasteiger partial charge is 0.479 e. The minimum absolute atomic E-state index is 0.253. The van der Waals surface area contributed by atoms with E-state index in [1.165, 1.54) is 12.1 Å². The zero-order valence-corrected chi connectivity index (χ0v) is 8.44. The normalized spacial score (nSPS) is 12.4. The molecule has 0 aliphatic heterocycles. The topological polar surface area (TPSA) is 46.5 Å². The van der Waals surface area contributed by atoms with Crippen molar-refractivity contribution < 1.29 is 19.0 Å². The molecule has 1 N–H and O–H groups in total. The van der Waals surface area contributed by atoms with Gasteiger partial charge in [0, 0.05) is 13.0 Å². The van der Waals surface area contributed by atoms with Gasteiger partial charge in [-0.15, -0.1) is 0 Å². The molecule has 3 nitrogen and oxygen atoms in total. The van der Waals surface area contributed by atoms with E-state index >= 15 is 0 Å². The Morgan fingerprint density at radius 2 is 2.07 bits per heavy atom. The molecule has 15 heavy (non-hydrogen) atoms. The highest BCUT2D eigenvalue weighted by Crippen LogP contribution is 2.08. The maximum absolute atomic E-state index is 12.6. The summed E-state index contributed by atoms with van der Waals surface area (Å²) >= 11 is 0. The lowest BCUT2D eigenvalue weighted by Gasteiger charge is -2.11. The number of benzene rings is 1. The second-order valence-corrected chi connectivity index (χ2v) is 3.11. The third-order valence-electron chi connectivity index (χ3n) is 1.98. The van der Waals surface area contributed by atoms with Gasteiger partial charge in [-0.3, -0.25) is 0 Å². The van der Waals surface area contributed by atoms with Crippen molar-refractivity contribution in [3.8, 4) is 0 Å². The van der Waals surface area contributed by atoms with E-state index in [9.17, 15) is 9.18 Å². The Bertz CT molecular complexity index is 321. The predicted octanol–water partition coefficient (Wildman–Crippen LogP) is 1.86. The summed E-state index contributed by atoms with van der Waals surface area (Å²) in [5.41, 5.74) is 0.747. The van der Waals surface area contributed by atoms with Crippen LogP contribution in [0.4, 0.5) is 4.39 Å². The van der Waals surface area contributed by atoms with Gasteiger partial charge in [0.1, 0.15) is 5.82 Å². The molecule has 0 aliphatic rings. The fourth-order valence-electron chi connectivity index (χ4n) is 1.25. The lowest BCUT2D eigenvalue weighted by atomic mass is 10.1. The Labute approximate surface area is 87.5 Å². The summed E-state index contributed by atoms with van der Waals surface area (Å²) in [6, 6.07) is 5.73. The van der Waals surface area contributed by atoms with Crippen molar-refractivity contribution in [2.45, 2.75) is 19.4 Å². The number of ether oxygens (including phenoxy) is 1. The fourth-order valence-corrected chi connectivity index (χ4v) is 1.25. The average molecular weight is 212 g/mol. The number of halogens is 1. The van der Waals surface area contributed by atoms with Gasteiger partial charge in [0.05, 0.1) is 0 Å². The van der Waals surface area contributed by atoms with Crippen molar-refractivity contribution in [1.82, 2.24) is 0 Å². The molecule has 0 radical (unpaired) electrons. The van der Waals surface area contributed by atoms with Crippen LogP contribution in [0.3, 0.4) is 0 Å². The van der Waals surface area contributed by atoms with Crippen LogP contribution >= 0.6 is 0 Å². The summed E-state index contributed by atoms with van der Waals surface area (Å²) in [4.78, 5) is 10.8. The molecule has 1 atom stereocenters. The van der Waals surface area contributed by atoms with Gasteiger partial charge in [0.25, 0.3) is 0 Å². The van der Waals surface area contributed by atoms with E-state index in [4.69, 9.17) is 9.84 Å². The number of carboxylic acids is 1. The molecule has 0 heterocycles. The van der Waals surface area contributed by atoms with Crippen LogP contribution in [0.2, 0.25) is 0 Å². The summed E-state index contributed by atoms with van der Waals surface area (Å²) in [5.74, 6) is -1.33. The molecule has 1 aromatic rings. The van der Waals surface area contributed by atoms with Gasteiger partial charge < -0.3 is 9.84 Å². The molecule has 82 valence electrons. The van der Waals surface area contributed by atoms with Gasteiger partial charge in [-0.05, 0) is 24.6 Å².